The molecule has 0 aromatic heterocycles. The fourth-order valence-corrected chi connectivity index (χ4v) is 2.82. The molecule has 7 nitrogen and oxygen atoms in total. The van der Waals surface area contributed by atoms with Crippen molar-refractivity contribution in [3.63, 3.8) is 0 Å². The lowest BCUT2D eigenvalue weighted by Gasteiger charge is -2.41. The van der Waals surface area contributed by atoms with Crippen molar-refractivity contribution in [3.05, 3.63) is 0 Å². The second-order valence-electron chi connectivity index (χ2n) is 5.66. The van der Waals surface area contributed by atoms with Crippen LogP contribution in [0.2, 0.25) is 0 Å². The van der Waals surface area contributed by atoms with E-state index in [4.69, 9.17) is 19.7 Å². The van der Waals surface area contributed by atoms with Crippen LogP contribution in [0, 0.1) is 5.92 Å². The first-order chi connectivity index (χ1) is 9.56. The molecule has 7 heteroatoms. The van der Waals surface area contributed by atoms with Gasteiger partial charge < -0.3 is 35.0 Å². The summed E-state index contributed by atoms with van der Waals surface area (Å²) < 4.78 is 11.0. The molecular weight excluding hydrogens is 268 g/mol. The summed E-state index contributed by atoms with van der Waals surface area (Å²) in [5, 5.41) is 47.4. The fourth-order valence-electron chi connectivity index (χ4n) is 2.82. The van der Waals surface area contributed by atoms with Crippen molar-refractivity contribution in [1.29, 1.82) is 0 Å². The van der Waals surface area contributed by atoms with Crippen molar-refractivity contribution in [2.75, 3.05) is 13.2 Å². The molecule has 1 saturated carbocycles. The van der Waals surface area contributed by atoms with Gasteiger partial charge in [0.15, 0.2) is 6.29 Å². The average Bonchev–Trinajstić information content (AvgIpc) is 2.48. The summed E-state index contributed by atoms with van der Waals surface area (Å²) in [6.45, 7) is -0.283. The Labute approximate surface area is 117 Å². The molecule has 0 aromatic rings. The van der Waals surface area contributed by atoms with Crippen LogP contribution in [0.5, 0.6) is 0 Å². The lowest BCUT2D eigenvalue weighted by atomic mass is 9.88. The summed E-state index contributed by atoms with van der Waals surface area (Å²) in [5.74, 6) is 0.296. The number of hydrogen-bond acceptors (Lipinski definition) is 7. The summed E-state index contributed by atoms with van der Waals surface area (Å²) in [5.41, 5.74) is 0. The van der Waals surface area contributed by atoms with Crippen LogP contribution < -0.4 is 0 Å². The van der Waals surface area contributed by atoms with Gasteiger partial charge in [0.25, 0.3) is 0 Å². The standard InChI is InChI=1S/C13H24O7/c14-5-7-1-3-8(4-2-7)19-13-12(18)11(17)10(16)9(6-15)20-13/h7-18H,1-6H2. The van der Waals surface area contributed by atoms with Gasteiger partial charge in [0.2, 0.25) is 0 Å². The van der Waals surface area contributed by atoms with Crippen molar-refractivity contribution in [2.24, 2.45) is 5.92 Å². The molecule has 5 unspecified atom stereocenters. The Balaban J connectivity index is 1.88. The minimum Gasteiger partial charge on any atom is -0.396 e. The molecule has 0 spiro atoms. The molecule has 0 aromatic carbocycles. The van der Waals surface area contributed by atoms with Crippen LogP contribution in [0.15, 0.2) is 0 Å². The van der Waals surface area contributed by atoms with Gasteiger partial charge in [-0.2, -0.15) is 0 Å². The number of rotatable bonds is 4. The van der Waals surface area contributed by atoms with Crippen LogP contribution in [-0.2, 0) is 9.47 Å². The van der Waals surface area contributed by atoms with E-state index in [2.05, 4.69) is 0 Å². The van der Waals surface area contributed by atoms with E-state index in [9.17, 15) is 15.3 Å². The Kier molecular flexibility index (Phi) is 5.74. The van der Waals surface area contributed by atoms with Crippen molar-refractivity contribution in [2.45, 2.75) is 62.5 Å². The zero-order valence-corrected chi connectivity index (χ0v) is 11.3. The highest BCUT2D eigenvalue weighted by atomic mass is 16.7. The second kappa shape index (κ2) is 7.13. The summed E-state index contributed by atoms with van der Waals surface area (Å²) >= 11 is 0. The van der Waals surface area contributed by atoms with Gasteiger partial charge in [0.05, 0.1) is 12.7 Å². The van der Waals surface area contributed by atoms with Crippen molar-refractivity contribution in [3.8, 4) is 0 Å². The molecule has 0 radical (unpaired) electrons. The van der Waals surface area contributed by atoms with E-state index in [-0.39, 0.29) is 12.7 Å². The van der Waals surface area contributed by atoms with Crippen LogP contribution >= 0.6 is 0 Å². The average molecular weight is 292 g/mol. The third kappa shape index (κ3) is 3.48. The van der Waals surface area contributed by atoms with Crippen LogP contribution in [-0.4, -0.2) is 75.6 Å². The van der Waals surface area contributed by atoms with E-state index in [0.29, 0.717) is 5.92 Å². The summed E-state index contributed by atoms with van der Waals surface area (Å²) in [6.07, 6.45) is -3.02. The normalized spacial score (nSPS) is 46.4. The number of aliphatic hydroxyl groups excluding tert-OH is 5. The molecule has 0 bridgehead atoms. The van der Waals surface area contributed by atoms with Gasteiger partial charge in [-0.1, -0.05) is 0 Å². The van der Waals surface area contributed by atoms with Gasteiger partial charge in [-0.05, 0) is 31.6 Å². The van der Waals surface area contributed by atoms with Crippen LogP contribution in [0.1, 0.15) is 25.7 Å². The van der Waals surface area contributed by atoms with Gasteiger partial charge in [-0.25, -0.2) is 0 Å². The first kappa shape index (κ1) is 16.1. The first-order valence-electron chi connectivity index (χ1n) is 7.13. The number of hydrogen-bond donors (Lipinski definition) is 5. The quantitative estimate of drug-likeness (QED) is 0.421. The van der Waals surface area contributed by atoms with Crippen LogP contribution in [0.4, 0.5) is 0 Å². The summed E-state index contributed by atoms with van der Waals surface area (Å²) in [6, 6.07) is 0. The maximum Gasteiger partial charge on any atom is 0.186 e. The van der Waals surface area contributed by atoms with Gasteiger partial charge in [0.1, 0.15) is 24.4 Å². The smallest absolute Gasteiger partial charge is 0.186 e. The molecule has 5 atom stereocenters. The van der Waals surface area contributed by atoms with Crippen molar-refractivity contribution in [1.82, 2.24) is 0 Å². The van der Waals surface area contributed by atoms with Crippen molar-refractivity contribution >= 4 is 0 Å². The largest absolute Gasteiger partial charge is 0.396 e. The predicted molar refractivity (Wildman–Crippen MR) is 67.7 cm³/mol. The molecule has 2 fully saturated rings. The highest BCUT2D eigenvalue weighted by Gasteiger charge is 2.44. The Morgan fingerprint density at radius 2 is 1.50 bits per heavy atom. The lowest BCUT2D eigenvalue weighted by molar-refractivity contribution is -0.313. The molecule has 0 amide bonds. The second-order valence-corrected chi connectivity index (χ2v) is 5.66. The molecule has 2 rings (SSSR count). The zero-order chi connectivity index (χ0) is 14.7. The third-order valence-corrected chi connectivity index (χ3v) is 4.23. The lowest BCUT2D eigenvalue weighted by Crippen LogP contribution is -2.59. The monoisotopic (exact) mass is 292 g/mol. The molecule has 20 heavy (non-hydrogen) atoms. The molecule has 1 saturated heterocycles. The minimum absolute atomic E-state index is 0.112. The molecule has 2 aliphatic rings. The Morgan fingerprint density at radius 3 is 2.05 bits per heavy atom. The van der Waals surface area contributed by atoms with E-state index < -0.39 is 37.3 Å². The van der Waals surface area contributed by atoms with Gasteiger partial charge in [0, 0.05) is 6.61 Å². The van der Waals surface area contributed by atoms with E-state index in [0.717, 1.165) is 25.7 Å². The van der Waals surface area contributed by atoms with Crippen molar-refractivity contribution < 1.29 is 35.0 Å². The van der Waals surface area contributed by atoms with Gasteiger partial charge in [-0.15, -0.1) is 0 Å². The maximum atomic E-state index is 9.87. The molecule has 118 valence electrons. The number of aliphatic hydroxyl groups is 5. The van der Waals surface area contributed by atoms with Gasteiger partial charge >= 0.3 is 0 Å². The maximum absolute atomic E-state index is 9.87. The molecule has 1 aliphatic carbocycles. The Bertz CT molecular complexity index is 290. The zero-order valence-electron chi connectivity index (χ0n) is 11.3. The first-order valence-corrected chi connectivity index (χ1v) is 7.13. The molecule has 1 heterocycles. The highest BCUT2D eigenvalue weighted by Crippen LogP contribution is 2.29. The molecule has 1 aliphatic heterocycles. The van der Waals surface area contributed by atoms with Crippen LogP contribution in [0.25, 0.3) is 0 Å². The third-order valence-electron chi connectivity index (χ3n) is 4.23. The SMILES string of the molecule is OCC1CCC(OC2OC(CO)C(O)C(O)C2O)CC1. The highest BCUT2D eigenvalue weighted by molar-refractivity contribution is 4.89. The van der Waals surface area contributed by atoms with E-state index in [1.165, 1.54) is 0 Å². The van der Waals surface area contributed by atoms with Gasteiger partial charge in [-0.3, -0.25) is 0 Å². The predicted octanol–water partition coefficient (Wildman–Crippen LogP) is -1.65. The Hall–Kier alpha value is -0.280. The molecular formula is C13H24O7. The van der Waals surface area contributed by atoms with E-state index in [1.807, 2.05) is 0 Å². The fraction of sp³-hybridized carbons (Fsp3) is 1.00. The van der Waals surface area contributed by atoms with E-state index in [1.54, 1.807) is 0 Å². The Morgan fingerprint density at radius 1 is 0.850 bits per heavy atom. The number of ether oxygens (including phenoxy) is 2. The molecule has 5 N–H and O–H groups in total. The van der Waals surface area contributed by atoms with E-state index >= 15 is 0 Å². The minimum atomic E-state index is -1.40. The summed E-state index contributed by atoms with van der Waals surface area (Å²) in [7, 11) is 0. The topological polar surface area (TPSA) is 120 Å². The van der Waals surface area contributed by atoms with Crippen LogP contribution in [0.3, 0.4) is 0 Å². The summed E-state index contributed by atoms with van der Waals surface area (Å²) in [4.78, 5) is 0.